The lowest BCUT2D eigenvalue weighted by Crippen LogP contribution is -2.38. The van der Waals surface area contributed by atoms with Gasteiger partial charge in [0.05, 0.1) is 11.9 Å². The molecule has 4 N–H and O–H groups in total. The number of aryl methyl sites for hydroxylation is 2. The highest BCUT2D eigenvalue weighted by atomic mass is 32.1. The second-order valence-electron chi connectivity index (χ2n) is 7.22. The van der Waals surface area contributed by atoms with Crippen LogP contribution in [0.25, 0.3) is 10.2 Å². The van der Waals surface area contributed by atoms with E-state index in [0.717, 1.165) is 54.8 Å². The number of hydrogen-bond acceptors (Lipinski definition) is 6. The van der Waals surface area contributed by atoms with Crippen molar-refractivity contribution >= 4 is 33.3 Å². The highest BCUT2D eigenvalue weighted by Crippen LogP contribution is 2.37. The number of aromatic nitrogens is 2. The molecule has 25 heavy (non-hydrogen) atoms. The van der Waals surface area contributed by atoms with Crippen LogP contribution in [0.3, 0.4) is 0 Å². The third-order valence-corrected chi connectivity index (χ3v) is 6.68. The van der Waals surface area contributed by atoms with Crippen molar-refractivity contribution in [2.24, 2.45) is 11.7 Å². The van der Waals surface area contributed by atoms with Gasteiger partial charge in [-0.15, -0.1) is 11.3 Å². The van der Waals surface area contributed by atoms with Gasteiger partial charge in [0.25, 0.3) is 0 Å². The zero-order chi connectivity index (χ0) is 17.4. The second kappa shape index (κ2) is 6.88. The van der Waals surface area contributed by atoms with Crippen molar-refractivity contribution in [2.75, 3.05) is 18.8 Å². The number of nitrogens with two attached hydrogens (primary N) is 2. The van der Waals surface area contributed by atoms with Crippen LogP contribution in [0.4, 0.5) is 5.82 Å². The number of thiophene rings is 1. The molecule has 7 heteroatoms. The molecular weight excluding hydrogens is 334 g/mol. The molecule has 1 fully saturated rings. The van der Waals surface area contributed by atoms with Crippen LogP contribution >= 0.6 is 11.3 Å². The summed E-state index contributed by atoms with van der Waals surface area (Å²) < 4.78 is 0. The maximum Gasteiger partial charge on any atom is 0.220 e. The van der Waals surface area contributed by atoms with Gasteiger partial charge in [-0.2, -0.15) is 0 Å². The van der Waals surface area contributed by atoms with E-state index in [1.54, 1.807) is 11.3 Å². The summed E-state index contributed by atoms with van der Waals surface area (Å²) in [5, 5.41) is 1.10. The molecule has 1 aliphatic carbocycles. The van der Waals surface area contributed by atoms with E-state index in [-0.39, 0.29) is 11.8 Å². The molecule has 6 nitrogen and oxygen atoms in total. The molecule has 3 heterocycles. The van der Waals surface area contributed by atoms with Gasteiger partial charge in [-0.1, -0.05) is 6.42 Å². The van der Waals surface area contributed by atoms with Crippen LogP contribution in [0.15, 0.2) is 0 Å². The second-order valence-corrected chi connectivity index (χ2v) is 8.31. The first-order chi connectivity index (χ1) is 12.1. The molecule has 2 aliphatic rings. The van der Waals surface area contributed by atoms with Gasteiger partial charge in [-0.05, 0) is 57.2 Å². The maximum atomic E-state index is 11.3. The number of primary amides is 1. The molecule has 1 aliphatic heterocycles. The van der Waals surface area contributed by atoms with Crippen molar-refractivity contribution < 1.29 is 4.79 Å². The summed E-state index contributed by atoms with van der Waals surface area (Å²) in [6.45, 7) is 2.40. The minimum Gasteiger partial charge on any atom is -0.383 e. The van der Waals surface area contributed by atoms with Gasteiger partial charge in [0.2, 0.25) is 5.91 Å². The van der Waals surface area contributed by atoms with E-state index in [4.69, 9.17) is 16.5 Å². The standard InChI is InChI=1S/C18H25N5OS/c19-16-15-12-4-2-1-3-5-13(12)25-18(15)22-14(21-16)10-23-8-6-11(7-9-23)17(20)24/h11H,1-10H2,(H2,20,24)(H2,19,21,22). The Labute approximate surface area is 151 Å². The summed E-state index contributed by atoms with van der Waals surface area (Å²) in [5.74, 6) is 1.25. The average Bonchev–Trinajstić information content (AvgIpc) is 2.77. The summed E-state index contributed by atoms with van der Waals surface area (Å²) >= 11 is 1.80. The summed E-state index contributed by atoms with van der Waals surface area (Å²) in [5.41, 5.74) is 13.1. The predicted octanol–water partition coefficient (Wildman–Crippen LogP) is 2.24. The van der Waals surface area contributed by atoms with E-state index in [2.05, 4.69) is 9.88 Å². The van der Waals surface area contributed by atoms with Crippen molar-refractivity contribution in [1.82, 2.24) is 14.9 Å². The number of hydrogen-bond donors (Lipinski definition) is 2. The minimum atomic E-state index is -0.179. The predicted molar refractivity (Wildman–Crippen MR) is 100 cm³/mol. The number of amides is 1. The van der Waals surface area contributed by atoms with E-state index < -0.39 is 0 Å². The maximum absolute atomic E-state index is 11.3. The van der Waals surface area contributed by atoms with Crippen molar-refractivity contribution in [2.45, 2.75) is 51.5 Å². The lowest BCUT2D eigenvalue weighted by molar-refractivity contribution is -0.123. The molecule has 0 radical (unpaired) electrons. The van der Waals surface area contributed by atoms with Crippen LogP contribution in [-0.4, -0.2) is 33.9 Å². The fourth-order valence-corrected chi connectivity index (χ4v) is 5.34. The summed E-state index contributed by atoms with van der Waals surface area (Å²) in [6.07, 6.45) is 7.67. The van der Waals surface area contributed by atoms with Crippen LogP contribution in [0.5, 0.6) is 0 Å². The molecule has 1 saturated heterocycles. The quantitative estimate of drug-likeness (QED) is 0.819. The van der Waals surface area contributed by atoms with Crippen LogP contribution in [0.2, 0.25) is 0 Å². The highest BCUT2D eigenvalue weighted by molar-refractivity contribution is 7.19. The smallest absolute Gasteiger partial charge is 0.220 e. The number of nitrogens with zero attached hydrogens (tertiary/aromatic N) is 3. The van der Waals surface area contributed by atoms with Crippen LogP contribution in [0, 0.1) is 5.92 Å². The van der Waals surface area contributed by atoms with Crippen molar-refractivity contribution in [3.8, 4) is 0 Å². The molecule has 0 saturated carbocycles. The van der Waals surface area contributed by atoms with Gasteiger partial charge < -0.3 is 11.5 Å². The Balaban J connectivity index is 1.54. The molecule has 0 atom stereocenters. The fraction of sp³-hybridized carbons (Fsp3) is 0.611. The first kappa shape index (κ1) is 16.7. The highest BCUT2D eigenvalue weighted by Gasteiger charge is 2.24. The van der Waals surface area contributed by atoms with E-state index >= 15 is 0 Å². The molecule has 0 aromatic carbocycles. The monoisotopic (exact) mass is 359 g/mol. The largest absolute Gasteiger partial charge is 0.383 e. The number of fused-ring (bicyclic) bond motifs is 3. The Kier molecular flexibility index (Phi) is 4.60. The number of anilines is 1. The first-order valence-electron chi connectivity index (χ1n) is 9.20. The normalized spacial score (nSPS) is 19.7. The van der Waals surface area contributed by atoms with Crippen molar-refractivity contribution in [1.29, 1.82) is 0 Å². The number of nitrogen functional groups attached to an aromatic ring is 1. The number of rotatable bonds is 3. The Hall–Kier alpha value is -1.73. The zero-order valence-corrected chi connectivity index (χ0v) is 15.3. The van der Waals surface area contributed by atoms with E-state index in [0.29, 0.717) is 12.4 Å². The molecule has 0 bridgehead atoms. The van der Waals surface area contributed by atoms with Gasteiger partial charge in [0, 0.05) is 10.8 Å². The Bertz CT molecular complexity index is 794. The zero-order valence-electron chi connectivity index (χ0n) is 14.5. The topological polar surface area (TPSA) is 98.1 Å². The van der Waals surface area contributed by atoms with Crippen LogP contribution in [-0.2, 0) is 24.2 Å². The molecule has 0 spiro atoms. The molecule has 4 rings (SSSR count). The number of piperidine rings is 1. The summed E-state index contributed by atoms with van der Waals surface area (Å²) in [7, 11) is 0. The van der Waals surface area contributed by atoms with Crippen molar-refractivity contribution in [3.63, 3.8) is 0 Å². The van der Waals surface area contributed by atoms with Gasteiger partial charge in [0.1, 0.15) is 16.5 Å². The molecular formula is C18H25N5OS. The third kappa shape index (κ3) is 3.35. The SMILES string of the molecule is NC(=O)C1CCN(Cc2nc(N)c3c4c(sc3n2)CCCCC4)CC1. The lowest BCUT2D eigenvalue weighted by atomic mass is 9.96. The average molecular weight is 359 g/mol. The molecule has 0 unspecified atom stereocenters. The summed E-state index contributed by atoms with van der Waals surface area (Å²) in [6, 6.07) is 0. The third-order valence-electron chi connectivity index (χ3n) is 5.49. The Morgan fingerprint density at radius 2 is 1.92 bits per heavy atom. The Morgan fingerprint density at radius 1 is 1.16 bits per heavy atom. The lowest BCUT2D eigenvalue weighted by Gasteiger charge is -2.29. The number of likely N-dealkylation sites (tertiary alicyclic amines) is 1. The molecule has 2 aromatic rings. The first-order valence-corrected chi connectivity index (χ1v) is 10.0. The molecule has 2 aromatic heterocycles. The molecule has 134 valence electrons. The number of carbonyl (C=O) groups is 1. The Morgan fingerprint density at radius 3 is 2.68 bits per heavy atom. The summed E-state index contributed by atoms with van der Waals surface area (Å²) in [4.78, 5) is 25.5. The van der Waals surface area contributed by atoms with Gasteiger partial charge in [-0.3, -0.25) is 9.69 Å². The van der Waals surface area contributed by atoms with Gasteiger partial charge >= 0.3 is 0 Å². The van der Waals surface area contributed by atoms with Crippen molar-refractivity contribution in [3.05, 3.63) is 16.3 Å². The fourth-order valence-electron chi connectivity index (χ4n) is 4.05. The van der Waals surface area contributed by atoms with E-state index in [1.807, 2.05) is 0 Å². The van der Waals surface area contributed by atoms with E-state index in [1.165, 1.54) is 29.7 Å². The number of carbonyl (C=O) groups excluding carboxylic acids is 1. The minimum absolute atomic E-state index is 0.0117. The van der Waals surface area contributed by atoms with Gasteiger partial charge in [-0.25, -0.2) is 9.97 Å². The molecule has 1 amide bonds. The van der Waals surface area contributed by atoms with E-state index in [9.17, 15) is 4.79 Å². The van der Waals surface area contributed by atoms with Gasteiger partial charge in [0.15, 0.2) is 0 Å². The van der Waals surface area contributed by atoms with Crippen LogP contribution in [0.1, 0.15) is 48.4 Å². The van der Waals surface area contributed by atoms with Crippen LogP contribution < -0.4 is 11.5 Å².